The summed E-state index contributed by atoms with van der Waals surface area (Å²) in [6, 6.07) is 6.03. The minimum Gasteiger partial charge on any atom is -0.348 e. The summed E-state index contributed by atoms with van der Waals surface area (Å²) >= 11 is 0. The van der Waals surface area contributed by atoms with E-state index in [0.29, 0.717) is 43.7 Å². The molecule has 146 valence electrons. The summed E-state index contributed by atoms with van der Waals surface area (Å²) in [5, 5.41) is 2.73. The number of nitrogens with zero attached hydrogens (tertiary/aromatic N) is 2. The molecule has 1 aromatic carbocycles. The Morgan fingerprint density at radius 2 is 1.67 bits per heavy atom. The van der Waals surface area contributed by atoms with Crippen LogP contribution in [0.2, 0.25) is 0 Å². The lowest BCUT2D eigenvalue weighted by Gasteiger charge is -2.34. The van der Waals surface area contributed by atoms with Gasteiger partial charge in [-0.2, -0.15) is 0 Å². The Labute approximate surface area is 158 Å². The predicted octanol–water partition coefficient (Wildman–Crippen LogP) is -0.0922. The van der Waals surface area contributed by atoms with Crippen molar-refractivity contribution in [2.75, 3.05) is 37.7 Å². The third-order valence-electron chi connectivity index (χ3n) is 4.95. The van der Waals surface area contributed by atoms with Gasteiger partial charge in [-0.25, -0.2) is 8.42 Å². The molecule has 3 rings (SSSR count). The summed E-state index contributed by atoms with van der Waals surface area (Å²) in [7, 11) is -3.07. The zero-order valence-electron chi connectivity index (χ0n) is 15.2. The largest absolute Gasteiger partial charge is 0.348 e. The molecule has 1 N–H and O–H groups in total. The second kappa shape index (κ2) is 7.67. The van der Waals surface area contributed by atoms with E-state index in [4.69, 9.17) is 0 Å². The van der Waals surface area contributed by atoms with Gasteiger partial charge in [0.2, 0.25) is 5.91 Å². The Hall–Kier alpha value is -2.42. The van der Waals surface area contributed by atoms with Gasteiger partial charge in [0.1, 0.15) is 0 Å². The number of amides is 3. The fourth-order valence-corrected chi connectivity index (χ4v) is 5.05. The molecule has 1 aromatic rings. The van der Waals surface area contributed by atoms with Crippen LogP contribution in [-0.2, 0) is 14.6 Å². The van der Waals surface area contributed by atoms with Crippen molar-refractivity contribution in [2.24, 2.45) is 0 Å². The van der Waals surface area contributed by atoms with Gasteiger partial charge < -0.3 is 15.1 Å². The van der Waals surface area contributed by atoms with Crippen LogP contribution in [0.4, 0.5) is 0 Å². The molecule has 2 aliphatic rings. The molecule has 27 heavy (non-hydrogen) atoms. The van der Waals surface area contributed by atoms with Crippen molar-refractivity contribution in [1.29, 1.82) is 0 Å². The first-order valence-corrected chi connectivity index (χ1v) is 10.7. The minimum absolute atomic E-state index is 0.00491. The molecule has 8 nitrogen and oxygen atoms in total. The highest BCUT2D eigenvalue weighted by Gasteiger charge is 2.29. The van der Waals surface area contributed by atoms with Crippen LogP contribution in [-0.4, -0.2) is 79.7 Å². The van der Waals surface area contributed by atoms with Gasteiger partial charge in [-0.05, 0) is 24.6 Å². The Morgan fingerprint density at radius 3 is 2.26 bits per heavy atom. The summed E-state index contributed by atoms with van der Waals surface area (Å²) in [5.74, 6) is -0.528. The molecule has 0 aliphatic carbocycles. The van der Waals surface area contributed by atoms with Gasteiger partial charge in [-0.15, -0.1) is 0 Å². The summed E-state index contributed by atoms with van der Waals surface area (Å²) in [6.07, 6.45) is 0.410. The van der Waals surface area contributed by atoms with Gasteiger partial charge in [0.05, 0.1) is 11.5 Å². The number of sulfone groups is 1. The molecule has 3 amide bonds. The molecule has 0 bridgehead atoms. The van der Waals surface area contributed by atoms with Crippen molar-refractivity contribution < 1.29 is 22.8 Å². The van der Waals surface area contributed by atoms with Crippen LogP contribution in [0.3, 0.4) is 0 Å². The van der Waals surface area contributed by atoms with Gasteiger partial charge in [0.25, 0.3) is 11.8 Å². The first-order valence-electron chi connectivity index (χ1n) is 8.91. The molecule has 2 saturated heterocycles. The number of benzene rings is 1. The van der Waals surface area contributed by atoms with Crippen LogP contribution in [0.1, 0.15) is 34.1 Å². The molecule has 2 fully saturated rings. The van der Waals surface area contributed by atoms with E-state index in [2.05, 4.69) is 5.32 Å². The molecular weight excluding hydrogens is 370 g/mol. The molecule has 2 aliphatic heterocycles. The molecule has 1 unspecified atom stereocenters. The van der Waals surface area contributed by atoms with Gasteiger partial charge in [-0.3, -0.25) is 14.4 Å². The number of carbonyl (C=O) groups is 3. The maximum atomic E-state index is 12.7. The van der Waals surface area contributed by atoms with Crippen molar-refractivity contribution in [1.82, 2.24) is 15.1 Å². The van der Waals surface area contributed by atoms with Crippen molar-refractivity contribution in [3.8, 4) is 0 Å². The second-order valence-electron chi connectivity index (χ2n) is 6.95. The summed E-state index contributed by atoms with van der Waals surface area (Å²) < 4.78 is 23.0. The number of hydrogen-bond donors (Lipinski definition) is 1. The number of nitrogens with one attached hydrogen (secondary N) is 1. The van der Waals surface area contributed by atoms with Crippen LogP contribution in [0, 0.1) is 0 Å². The highest BCUT2D eigenvalue weighted by Crippen LogP contribution is 2.14. The molecule has 1 atom stereocenters. The number of hydrogen-bond acceptors (Lipinski definition) is 5. The highest BCUT2D eigenvalue weighted by molar-refractivity contribution is 7.91. The third kappa shape index (κ3) is 4.65. The van der Waals surface area contributed by atoms with Crippen LogP contribution in [0.15, 0.2) is 24.3 Å². The Kier molecular flexibility index (Phi) is 5.50. The van der Waals surface area contributed by atoms with Crippen molar-refractivity contribution >= 4 is 27.6 Å². The monoisotopic (exact) mass is 393 g/mol. The van der Waals surface area contributed by atoms with E-state index in [1.807, 2.05) is 0 Å². The molecule has 0 radical (unpaired) electrons. The van der Waals surface area contributed by atoms with E-state index in [-0.39, 0.29) is 35.3 Å². The molecule has 9 heteroatoms. The number of carbonyl (C=O) groups excluding carboxylic acids is 3. The van der Waals surface area contributed by atoms with Gasteiger partial charge in [0.15, 0.2) is 9.84 Å². The van der Waals surface area contributed by atoms with Crippen LogP contribution in [0.25, 0.3) is 0 Å². The van der Waals surface area contributed by atoms with E-state index in [9.17, 15) is 22.8 Å². The fraction of sp³-hybridized carbons (Fsp3) is 0.500. The zero-order chi connectivity index (χ0) is 19.6. The van der Waals surface area contributed by atoms with Crippen molar-refractivity contribution in [3.05, 3.63) is 35.4 Å². The molecule has 2 heterocycles. The van der Waals surface area contributed by atoms with Crippen molar-refractivity contribution in [2.45, 2.75) is 19.4 Å². The summed E-state index contributed by atoms with van der Waals surface area (Å²) in [5.41, 5.74) is 0.727. The fourth-order valence-electron chi connectivity index (χ4n) is 3.38. The highest BCUT2D eigenvalue weighted by atomic mass is 32.2. The number of rotatable bonds is 3. The molecule has 0 aromatic heterocycles. The Bertz CT molecular complexity index is 860. The van der Waals surface area contributed by atoms with E-state index >= 15 is 0 Å². The smallest absolute Gasteiger partial charge is 0.253 e. The average Bonchev–Trinajstić information content (AvgIpc) is 2.99. The van der Waals surface area contributed by atoms with Gasteiger partial charge in [-0.1, -0.05) is 6.07 Å². The molecule has 0 saturated carbocycles. The lowest BCUT2D eigenvalue weighted by atomic mass is 10.1. The third-order valence-corrected chi connectivity index (χ3v) is 6.72. The van der Waals surface area contributed by atoms with Crippen molar-refractivity contribution in [3.63, 3.8) is 0 Å². The van der Waals surface area contributed by atoms with Crippen LogP contribution in [0.5, 0.6) is 0 Å². The lowest BCUT2D eigenvalue weighted by Crippen LogP contribution is -2.50. The van der Waals surface area contributed by atoms with Gasteiger partial charge >= 0.3 is 0 Å². The quantitative estimate of drug-likeness (QED) is 0.773. The Morgan fingerprint density at radius 1 is 1.04 bits per heavy atom. The van der Waals surface area contributed by atoms with E-state index in [1.54, 1.807) is 28.0 Å². The summed E-state index contributed by atoms with van der Waals surface area (Å²) in [6.45, 7) is 3.41. The Balaban J connectivity index is 1.64. The second-order valence-corrected chi connectivity index (χ2v) is 9.18. The number of piperazine rings is 1. The first-order chi connectivity index (χ1) is 12.7. The average molecular weight is 393 g/mol. The zero-order valence-corrected chi connectivity index (χ0v) is 16.0. The molecular formula is C18H23N3O5S. The van der Waals surface area contributed by atoms with E-state index < -0.39 is 9.84 Å². The predicted molar refractivity (Wildman–Crippen MR) is 99.1 cm³/mol. The molecule has 0 spiro atoms. The normalized spacial score (nSPS) is 21.7. The van der Waals surface area contributed by atoms with Crippen LogP contribution >= 0.6 is 0 Å². The minimum atomic E-state index is -3.07. The standard InChI is InChI=1S/C18H23N3O5S/c1-13(22)20-6-8-21(9-7-20)18(24)15-4-2-3-14(11-15)17(23)19-16-5-10-27(25,26)12-16/h2-4,11,16H,5-10,12H2,1H3,(H,19,23). The topological polar surface area (TPSA) is 104 Å². The SMILES string of the molecule is CC(=O)N1CCN(C(=O)c2cccc(C(=O)NC3CCS(=O)(=O)C3)c2)CC1. The van der Waals surface area contributed by atoms with E-state index in [1.165, 1.54) is 13.0 Å². The first kappa shape index (κ1) is 19.3. The van der Waals surface area contributed by atoms with Gasteiger partial charge in [0, 0.05) is 50.3 Å². The maximum absolute atomic E-state index is 12.7. The van der Waals surface area contributed by atoms with Crippen LogP contribution < -0.4 is 5.32 Å². The lowest BCUT2D eigenvalue weighted by molar-refractivity contribution is -0.130. The summed E-state index contributed by atoms with van der Waals surface area (Å²) in [4.78, 5) is 39.8. The van der Waals surface area contributed by atoms with E-state index in [0.717, 1.165) is 0 Å². The maximum Gasteiger partial charge on any atom is 0.253 e.